The van der Waals surface area contributed by atoms with Crippen molar-refractivity contribution in [2.24, 2.45) is 11.8 Å². The average molecular weight is 236 g/mol. The lowest BCUT2D eigenvalue weighted by Gasteiger charge is -2.37. The van der Waals surface area contributed by atoms with Crippen molar-refractivity contribution in [1.82, 2.24) is 10.2 Å². The van der Waals surface area contributed by atoms with Gasteiger partial charge in [0.1, 0.15) is 0 Å². The Morgan fingerprint density at radius 3 is 2.65 bits per heavy atom. The molecule has 0 radical (unpaired) electrons. The normalized spacial score (nSPS) is 47.3. The van der Waals surface area contributed by atoms with E-state index in [1.165, 1.54) is 51.6 Å². The minimum absolute atomic E-state index is 0.796. The SMILES string of the molecule is CC1CCCC(NC2CCN3CCCC23)C1C. The van der Waals surface area contributed by atoms with Gasteiger partial charge in [-0.1, -0.05) is 26.7 Å². The number of nitrogens with zero attached hydrogens (tertiary/aromatic N) is 1. The molecule has 2 heteroatoms. The summed E-state index contributed by atoms with van der Waals surface area (Å²) < 4.78 is 0. The van der Waals surface area contributed by atoms with Crippen molar-refractivity contribution in [2.45, 2.75) is 70.5 Å². The second kappa shape index (κ2) is 4.89. The number of hydrogen-bond donors (Lipinski definition) is 1. The number of rotatable bonds is 2. The topological polar surface area (TPSA) is 15.3 Å². The van der Waals surface area contributed by atoms with Crippen molar-refractivity contribution in [3.05, 3.63) is 0 Å². The molecule has 1 N–H and O–H groups in total. The van der Waals surface area contributed by atoms with E-state index in [1.807, 2.05) is 0 Å². The van der Waals surface area contributed by atoms with E-state index < -0.39 is 0 Å². The highest BCUT2D eigenvalue weighted by Crippen LogP contribution is 2.33. The third-order valence-electron chi connectivity index (χ3n) is 5.74. The van der Waals surface area contributed by atoms with Crippen LogP contribution in [0.4, 0.5) is 0 Å². The molecule has 0 bridgehead atoms. The van der Waals surface area contributed by atoms with E-state index in [0.717, 1.165) is 30.0 Å². The lowest BCUT2D eigenvalue weighted by Crippen LogP contribution is -2.49. The fourth-order valence-electron chi connectivity index (χ4n) is 4.37. The van der Waals surface area contributed by atoms with Gasteiger partial charge in [-0.3, -0.25) is 4.90 Å². The average Bonchev–Trinajstić information content (AvgIpc) is 2.89. The van der Waals surface area contributed by atoms with E-state index in [9.17, 15) is 0 Å². The zero-order valence-electron chi connectivity index (χ0n) is 11.5. The minimum Gasteiger partial charge on any atom is -0.309 e. The molecule has 1 aliphatic carbocycles. The Kier molecular flexibility index (Phi) is 3.45. The second-order valence-electron chi connectivity index (χ2n) is 6.68. The fourth-order valence-corrected chi connectivity index (χ4v) is 4.37. The van der Waals surface area contributed by atoms with Crippen LogP contribution in [0.2, 0.25) is 0 Å². The molecule has 3 aliphatic rings. The lowest BCUT2D eigenvalue weighted by molar-refractivity contribution is 0.182. The van der Waals surface area contributed by atoms with Crippen molar-refractivity contribution in [3.63, 3.8) is 0 Å². The zero-order valence-corrected chi connectivity index (χ0v) is 11.5. The Morgan fingerprint density at radius 1 is 0.882 bits per heavy atom. The summed E-state index contributed by atoms with van der Waals surface area (Å²) in [6.07, 6.45) is 8.55. The highest BCUT2D eigenvalue weighted by Gasteiger charge is 2.39. The van der Waals surface area contributed by atoms with Gasteiger partial charge >= 0.3 is 0 Å². The molecule has 98 valence electrons. The van der Waals surface area contributed by atoms with Crippen LogP contribution in [-0.4, -0.2) is 36.1 Å². The van der Waals surface area contributed by atoms with Crippen molar-refractivity contribution in [1.29, 1.82) is 0 Å². The van der Waals surface area contributed by atoms with Crippen LogP contribution in [0.5, 0.6) is 0 Å². The van der Waals surface area contributed by atoms with E-state index in [2.05, 4.69) is 24.1 Å². The first-order valence-electron chi connectivity index (χ1n) is 7.76. The molecule has 0 aromatic rings. The van der Waals surface area contributed by atoms with Crippen LogP contribution in [0.1, 0.15) is 52.4 Å². The lowest BCUT2D eigenvalue weighted by atomic mass is 9.77. The Labute approximate surface area is 106 Å². The summed E-state index contributed by atoms with van der Waals surface area (Å²) in [4.78, 5) is 2.72. The van der Waals surface area contributed by atoms with Gasteiger partial charge in [-0.2, -0.15) is 0 Å². The van der Waals surface area contributed by atoms with Crippen molar-refractivity contribution < 1.29 is 0 Å². The van der Waals surface area contributed by atoms with Gasteiger partial charge in [0.05, 0.1) is 0 Å². The number of fused-ring (bicyclic) bond motifs is 1. The molecule has 1 saturated carbocycles. The summed E-state index contributed by atoms with van der Waals surface area (Å²) in [7, 11) is 0. The van der Waals surface area contributed by atoms with E-state index in [0.29, 0.717) is 0 Å². The van der Waals surface area contributed by atoms with Gasteiger partial charge in [-0.25, -0.2) is 0 Å². The summed E-state index contributed by atoms with van der Waals surface area (Å²) in [5, 5.41) is 4.03. The molecule has 0 amide bonds. The van der Waals surface area contributed by atoms with Crippen LogP contribution in [-0.2, 0) is 0 Å². The van der Waals surface area contributed by atoms with Crippen molar-refractivity contribution in [3.8, 4) is 0 Å². The first kappa shape index (κ1) is 12.0. The quantitative estimate of drug-likeness (QED) is 0.793. The van der Waals surface area contributed by atoms with Gasteiger partial charge in [-0.05, 0) is 44.1 Å². The molecular formula is C15H28N2. The monoisotopic (exact) mass is 236 g/mol. The predicted octanol–water partition coefficient (Wildman–Crippen LogP) is 2.64. The molecule has 0 aromatic carbocycles. The third-order valence-corrected chi connectivity index (χ3v) is 5.74. The van der Waals surface area contributed by atoms with E-state index in [1.54, 1.807) is 0 Å². The van der Waals surface area contributed by atoms with Crippen molar-refractivity contribution in [2.75, 3.05) is 13.1 Å². The summed E-state index contributed by atoms with van der Waals surface area (Å²) in [5.41, 5.74) is 0. The second-order valence-corrected chi connectivity index (χ2v) is 6.68. The maximum atomic E-state index is 4.03. The summed E-state index contributed by atoms with van der Waals surface area (Å²) in [6.45, 7) is 7.61. The van der Waals surface area contributed by atoms with E-state index in [4.69, 9.17) is 0 Å². The number of hydrogen-bond acceptors (Lipinski definition) is 2. The van der Waals surface area contributed by atoms with Crippen LogP contribution in [0.3, 0.4) is 0 Å². The summed E-state index contributed by atoms with van der Waals surface area (Å²) in [6, 6.07) is 2.47. The van der Waals surface area contributed by atoms with Gasteiger partial charge in [0.25, 0.3) is 0 Å². The van der Waals surface area contributed by atoms with Crippen LogP contribution < -0.4 is 5.32 Å². The first-order chi connectivity index (χ1) is 8.25. The van der Waals surface area contributed by atoms with Crippen LogP contribution in [0.15, 0.2) is 0 Å². The molecule has 2 heterocycles. The van der Waals surface area contributed by atoms with Gasteiger partial charge < -0.3 is 5.32 Å². The predicted molar refractivity (Wildman–Crippen MR) is 72.1 cm³/mol. The standard InChI is InChI=1S/C15H28N2/c1-11-5-3-6-13(12(11)2)16-14-8-10-17-9-4-7-15(14)17/h11-16H,3-10H2,1-2H3. The van der Waals surface area contributed by atoms with Crippen LogP contribution in [0, 0.1) is 11.8 Å². The molecule has 3 rings (SSSR count). The Hall–Kier alpha value is -0.0800. The molecule has 5 unspecified atom stereocenters. The Bertz CT molecular complexity index is 264. The van der Waals surface area contributed by atoms with Crippen molar-refractivity contribution >= 4 is 0 Å². The molecule has 0 spiro atoms. The first-order valence-corrected chi connectivity index (χ1v) is 7.76. The molecule has 0 aromatic heterocycles. The zero-order chi connectivity index (χ0) is 11.8. The van der Waals surface area contributed by atoms with Gasteiger partial charge in [0.15, 0.2) is 0 Å². The molecule has 2 saturated heterocycles. The van der Waals surface area contributed by atoms with Gasteiger partial charge in [0, 0.05) is 24.7 Å². The third kappa shape index (κ3) is 2.26. The Morgan fingerprint density at radius 2 is 1.76 bits per heavy atom. The minimum atomic E-state index is 0.796. The highest BCUT2D eigenvalue weighted by atomic mass is 15.2. The van der Waals surface area contributed by atoms with Crippen LogP contribution >= 0.6 is 0 Å². The highest BCUT2D eigenvalue weighted by molar-refractivity contribution is 4.98. The van der Waals surface area contributed by atoms with Gasteiger partial charge in [0.2, 0.25) is 0 Å². The van der Waals surface area contributed by atoms with Gasteiger partial charge in [-0.15, -0.1) is 0 Å². The molecule has 3 fully saturated rings. The summed E-state index contributed by atoms with van der Waals surface area (Å²) >= 11 is 0. The molecule has 2 nitrogen and oxygen atoms in total. The maximum Gasteiger partial charge on any atom is 0.0250 e. The van der Waals surface area contributed by atoms with E-state index >= 15 is 0 Å². The molecule has 2 aliphatic heterocycles. The smallest absolute Gasteiger partial charge is 0.0250 e. The molecule has 5 atom stereocenters. The maximum absolute atomic E-state index is 4.03. The largest absolute Gasteiger partial charge is 0.309 e. The van der Waals surface area contributed by atoms with E-state index in [-0.39, 0.29) is 0 Å². The number of nitrogens with one attached hydrogen (secondary N) is 1. The fraction of sp³-hybridized carbons (Fsp3) is 1.00. The summed E-state index contributed by atoms with van der Waals surface area (Å²) in [5.74, 6) is 1.79. The molecular weight excluding hydrogens is 208 g/mol. The van der Waals surface area contributed by atoms with Crippen LogP contribution in [0.25, 0.3) is 0 Å². The Balaban J connectivity index is 1.59. The molecule has 17 heavy (non-hydrogen) atoms.